The number of benzene rings is 1. The molecule has 0 unspecified atom stereocenters. The van der Waals surface area contributed by atoms with E-state index in [0.29, 0.717) is 16.9 Å². The second-order valence-electron chi connectivity index (χ2n) is 7.40. The van der Waals surface area contributed by atoms with Crippen LogP contribution in [0.2, 0.25) is 0 Å². The van der Waals surface area contributed by atoms with Crippen LogP contribution < -0.4 is 15.4 Å². The quantitative estimate of drug-likeness (QED) is 0.574. The summed E-state index contributed by atoms with van der Waals surface area (Å²) in [5.74, 6) is 0.831. The van der Waals surface area contributed by atoms with Gasteiger partial charge in [0.05, 0.1) is 16.8 Å². The minimum Gasteiger partial charge on any atom is -0.467 e. The summed E-state index contributed by atoms with van der Waals surface area (Å²) in [6.45, 7) is 3.42. The Morgan fingerprint density at radius 3 is 2.81 bits per heavy atom. The number of methoxy groups -OCH3 is 1. The number of hydrogen-bond acceptors (Lipinski definition) is 7. The summed E-state index contributed by atoms with van der Waals surface area (Å²) in [4.78, 5) is 0. The zero-order valence-electron chi connectivity index (χ0n) is 17.2. The monoisotopic (exact) mass is 436 g/mol. The zero-order valence-corrected chi connectivity index (χ0v) is 17.2. The number of nitrogens with zero attached hydrogens (tertiary/aromatic N) is 4. The molecule has 166 valence electrons. The van der Waals surface area contributed by atoms with Gasteiger partial charge in [0.25, 0.3) is 0 Å². The molecule has 11 heteroatoms. The lowest BCUT2D eigenvalue weighted by atomic mass is 10.1. The lowest BCUT2D eigenvalue weighted by molar-refractivity contribution is -0.137. The molecule has 0 bridgehead atoms. The van der Waals surface area contributed by atoms with E-state index in [-0.39, 0.29) is 24.4 Å². The van der Waals surface area contributed by atoms with Gasteiger partial charge in [0.1, 0.15) is 11.3 Å². The molecule has 4 rings (SSSR count). The maximum absolute atomic E-state index is 13.2. The smallest absolute Gasteiger partial charge is 0.416 e. The third-order valence-electron chi connectivity index (χ3n) is 5.04. The topological polar surface area (TPSA) is 85.6 Å². The maximum Gasteiger partial charge on any atom is 0.416 e. The zero-order chi connectivity index (χ0) is 22.0. The van der Waals surface area contributed by atoms with Crippen LogP contribution in [0.1, 0.15) is 24.1 Å². The van der Waals surface area contributed by atoms with Crippen molar-refractivity contribution in [2.45, 2.75) is 32.0 Å². The first-order valence-corrected chi connectivity index (χ1v) is 9.90. The molecule has 1 fully saturated rings. The number of piperidine rings is 1. The molecule has 3 heterocycles. The van der Waals surface area contributed by atoms with E-state index in [9.17, 15) is 13.2 Å². The Labute approximate surface area is 176 Å². The number of alkyl halides is 3. The second-order valence-corrected chi connectivity index (χ2v) is 7.40. The van der Waals surface area contributed by atoms with E-state index in [0.717, 1.165) is 43.8 Å². The predicted octanol–water partition coefficient (Wildman–Crippen LogP) is 3.27. The largest absolute Gasteiger partial charge is 0.467 e. The van der Waals surface area contributed by atoms with Crippen molar-refractivity contribution in [3.63, 3.8) is 0 Å². The molecular formula is C20H23F3N6O2. The van der Waals surface area contributed by atoms with E-state index < -0.39 is 11.7 Å². The van der Waals surface area contributed by atoms with Crippen molar-refractivity contribution in [1.29, 1.82) is 0 Å². The highest BCUT2D eigenvalue weighted by atomic mass is 19.4. The summed E-state index contributed by atoms with van der Waals surface area (Å²) in [6, 6.07) is 5.29. The summed E-state index contributed by atoms with van der Waals surface area (Å²) in [6.07, 6.45) is -2.44. The molecule has 1 aliphatic heterocycles. The van der Waals surface area contributed by atoms with Crippen LogP contribution in [0, 0.1) is 6.92 Å². The Morgan fingerprint density at radius 2 is 2.10 bits per heavy atom. The third-order valence-corrected chi connectivity index (χ3v) is 5.04. The molecular weight excluding hydrogens is 413 g/mol. The van der Waals surface area contributed by atoms with Gasteiger partial charge in [-0.1, -0.05) is 0 Å². The van der Waals surface area contributed by atoms with Gasteiger partial charge in [0, 0.05) is 19.7 Å². The molecule has 2 aromatic heterocycles. The van der Waals surface area contributed by atoms with E-state index in [1.54, 1.807) is 4.52 Å². The third kappa shape index (κ3) is 4.57. The Morgan fingerprint density at radius 1 is 1.26 bits per heavy atom. The molecule has 1 aromatic carbocycles. The average Bonchev–Trinajstić information content (AvgIpc) is 3.14. The summed E-state index contributed by atoms with van der Waals surface area (Å²) in [5, 5.41) is 19.8. The molecule has 0 radical (unpaired) electrons. The van der Waals surface area contributed by atoms with E-state index >= 15 is 0 Å². The van der Waals surface area contributed by atoms with Crippen molar-refractivity contribution in [2.75, 3.05) is 32.3 Å². The lowest BCUT2D eigenvalue weighted by Gasteiger charge is -2.24. The fourth-order valence-corrected chi connectivity index (χ4v) is 3.58. The molecule has 8 nitrogen and oxygen atoms in total. The Bertz CT molecular complexity index is 1060. The highest BCUT2D eigenvalue weighted by Crippen LogP contribution is 2.37. The van der Waals surface area contributed by atoms with Crippen LogP contribution in [0.25, 0.3) is 16.9 Å². The van der Waals surface area contributed by atoms with Crippen LogP contribution >= 0.6 is 0 Å². The van der Waals surface area contributed by atoms with Gasteiger partial charge >= 0.3 is 6.18 Å². The van der Waals surface area contributed by atoms with Gasteiger partial charge in [-0.15, -0.1) is 10.2 Å². The van der Waals surface area contributed by atoms with Crippen LogP contribution in [-0.4, -0.2) is 52.8 Å². The number of hydrogen-bond donors (Lipinski definition) is 2. The Kier molecular flexibility index (Phi) is 5.96. The molecule has 0 saturated carbocycles. The molecule has 0 spiro atoms. The van der Waals surface area contributed by atoms with E-state index in [1.807, 2.05) is 13.0 Å². The standard InChI is InChI=1S/C20H23F3N6O2/c1-12-8-16-18(25-14-4-3-7-24-10-14)26-27-19(29(16)28-12)15-6-5-13(20(21,22)23)9-17(15)31-11-30-2/h5-6,8-9,14,24H,3-4,7,10-11H2,1-2H3,(H,25,26)/t14-/m1/s1. The first-order chi connectivity index (χ1) is 14.9. The Balaban J connectivity index is 1.78. The van der Waals surface area contributed by atoms with Crippen LogP contribution in [0.4, 0.5) is 19.0 Å². The molecule has 0 aliphatic carbocycles. The number of aryl methyl sites for hydroxylation is 1. The highest BCUT2D eigenvalue weighted by molar-refractivity contribution is 5.74. The highest BCUT2D eigenvalue weighted by Gasteiger charge is 2.32. The molecule has 2 N–H and O–H groups in total. The van der Waals surface area contributed by atoms with E-state index in [2.05, 4.69) is 25.9 Å². The van der Waals surface area contributed by atoms with Crippen LogP contribution in [0.15, 0.2) is 24.3 Å². The number of rotatable bonds is 6. The van der Waals surface area contributed by atoms with Gasteiger partial charge in [-0.3, -0.25) is 0 Å². The fraction of sp³-hybridized carbons (Fsp3) is 0.450. The van der Waals surface area contributed by atoms with Gasteiger partial charge < -0.3 is 20.1 Å². The first kappa shape index (κ1) is 21.3. The summed E-state index contributed by atoms with van der Waals surface area (Å²) >= 11 is 0. The summed E-state index contributed by atoms with van der Waals surface area (Å²) < 4.78 is 51.5. The Hall–Kier alpha value is -2.92. The van der Waals surface area contributed by atoms with Gasteiger partial charge in [-0.05, 0) is 50.6 Å². The number of nitrogens with one attached hydrogen (secondary N) is 2. The van der Waals surface area contributed by atoms with Gasteiger partial charge in [0.2, 0.25) is 0 Å². The second kappa shape index (κ2) is 8.67. The molecule has 1 saturated heterocycles. The molecule has 31 heavy (non-hydrogen) atoms. The number of fused-ring (bicyclic) bond motifs is 1. The number of anilines is 1. The number of halogens is 3. The maximum atomic E-state index is 13.2. The molecule has 1 aliphatic rings. The molecule has 3 aromatic rings. The minimum absolute atomic E-state index is 0.0161. The normalized spacial score (nSPS) is 17.1. The van der Waals surface area contributed by atoms with E-state index in [4.69, 9.17) is 9.47 Å². The fourth-order valence-electron chi connectivity index (χ4n) is 3.58. The van der Waals surface area contributed by atoms with Gasteiger partial charge in [-0.2, -0.15) is 18.3 Å². The number of ether oxygens (including phenoxy) is 2. The van der Waals surface area contributed by atoms with Crippen molar-refractivity contribution in [2.24, 2.45) is 0 Å². The molecule has 1 atom stereocenters. The lowest BCUT2D eigenvalue weighted by Crippen LogP contribution is -2.38. The van der Waals surface area contributed by atoms with Crippen molar-refractivity contribution in [1.82, 2.24) is 25.1 Å². The van der Waals surface area contributed by atoms with Gasteiger partial charge in [-0.25, -0.2) is 4.52 Å². The average molecular weight is 436 g/mol. The number of aromatic nitrogens is 4. The van der Waals surface area contributed by atoms with Crippen LogP contribution in [-0.2, 0) is 10.9 Å². The van der Waals surface area contributed by atoms with Crippen molar-refractivity contribution >= 4 is 11.3 Å². The minimum atomic E-state index is -4.51. The SMILES string of the molecule is COCOc1cc(C(F)(F)F)ccc1-c1nnc(N[C@@H]2CCCNC2)c2cc(C)nn12. The summed E-state index contributed by atoms with van der Waals surface area (Å²) in [7, 11) is 1.39. The summed E-state index contributed by atoms with van der Waals surface area (Å²) in [5.41, 5.74) is 0.917. The van der Waals surface area contributed by atoms with E-state index in [1.165, 1.54) is 13.2 Å². The van der Waals surface area contributed by atoms with Crippen LogP contribution in [0.3, 0.4) is 0 Å². The molecule has 0 amide bonds. The first-order valence-electron chi connectivity index (χ1n) is 9.90. The predicted molar refractivity (Wildman–Crippen MR) is 108 cm³/mol. The van der Waals surface area contributed by atoms with Crippen molar-refractivity contribution in [3.05, 3.63) is 35.5 Å². The van der Waals surface area contributed by atoms with Crippen LogP contribution in [0.5, 0.6) is 5.75 Å². The van der Waals surface area contributed by atoms with Crippen molar-refractivity contribution < 1.29 is 22.6 Å². The van der Waals surface area contributed by atoms with Crippen molar-refractivity contribution in [3.8, 4) is 17.1 Å². The van der Waals surface area contributed by atoms with Gasteiger partial charge in [0.15, 0.2) is 18.4 Å².